The number of nitrogens with one attached hydrogen (secondary N) is 2. The smallest absolute Gasteiger partial charge is 0.305 e. The molecule has 0 fully saturated rings. The molecule has 0 aliphatic heterocycles. The summed E-state index contributed by atoms with van der Waals surface area (Å²) in [4.78, 5) is 35.0. The van der Waals surface area contributed by atoms with Crippen molar-refractivity contribution in [3.8, 4) is 11.3 Å². The summed E-state index contributed by atoms with van der Waals surface area (Å²) in [6.07, 6.45) is 0. The SMILES string of the molecule is CCN(CC)S(=O)(=O)c1cccc(C(=O)NNC(=O)c2ccc(-c3ccc([N+](=O)[O-])cc3)o2)c1. The second-order valence-electron chi connectivity index (χ2n) is 6.99. The van der Waals surface area contributed by atoms with Gasteiger partial charge in [0.15, 0.2) is 5.76 Å². The van der Waals surface area contributed by atoms with Gasteiger partial charge in [0.2, 0.25) is 10.0 Å². The Bertz CT molecular complexity index is 1310. The number of carbonyl (C=O) groups is 2. The van der Waals surface area contributed by atoms with E-state index in [1.165, 1.54) is 65.0 Å². The Morgan fingerprint density at radius 3 is 2.24 bits per heavy atom. The summed E-state index contributed by atoms with van der Waals surface area (Å²) < 4.78 is 32.1. The lowest BCUT2D eigenvalue weighted by Crippen LogP contribution is -2.41. The summed E-state index contributed by atoms with van der Waals surface area (Å²) in [7, 11) is -3.75. The monoisotopic (exact) mass is 486 g/mol. The summed E-state index contributed by atoms with van der Waals surface area (Å²) in [5.74, 6) is -1.26. The maximum absolute atomic E-state index is 12.7. The molecule has 1 heterocycles. The van der Waals surface area contributed by atoms with Crippen molar-refractivity contribution in [3.05, 3.63) is 82.1 Å². The second-order valence-corrected chi connectivity index (χ2v) is 8.93. The van der Waals surface area contributed by atoms with Crippen LogP contribution in [0.1, 0.15) is 34.8 Å². The van der Waals surface area contributed by atoms with Gasteiger partial charge in [-0.2, -0.15) is 4.31 Å². The molecule has 0 saturated carbocycles. The Balaban J connectivity index is 1.67. The molecule has 0 aliphatic rings. The third-order valence-electron chi connectivity index (χ3n) is 4.92. The van der Waals surface area contributed by atoms with Crippen LogP contribution in [0.15, 0.2) is 70.0 Å². The molecule has 178 valence electrons. The molecule has 11 nitrogen and oxygen atoms in total. The maximum Gasteiger partial charge on any atom is 0.305 e. The summed E-state index contributed by atoms with van der Waals surface area (Å²) in [5.41, 5.74) is 4.92. The largest absolute Gasteiger partial charge is 0.451 e. The first-order valence-corrected chi connectivity index (χ1v) is 11.7. The van der Waals surface area contributed by atoms with Crippen molar-refractivity contribution in [1.29, 1.82) is 0 Å². The highest BCUT2D eigenvalue weighted by Gasteiger charge is 2.23. The van der Waals surface area contributed by atoms with Crippen molar-refractivity contribution in [3.63, 3.8) is 0 Å². The zero-order valence-corrected chi connectivity index (χ0v) is 19.2. The van der Waals surface area contributed by atoms with E-state index in [1.54, 1.807) is 13.8 Å². The molecule has 0 atom stereocenters. The molecule has 12 heteroatoms. The van der Waals surface area contributed by atoms with E-state index in [-0.39, 0.29) is 35.0 Å². The molecule has 0 aliphatic carbocycles. The van der Waals surface area contributed by atoms with Crippen molar-refractivity contribution in [2.24, 2.45) is 0 Å². The molecule has 34 heavy (non-hydrogen) atoms. The number of sulfonamides is 1. The molecular formula is C22H22N4O7S. The summed E-state index contributed by atoms with van der Waals surface area (Å²) in [6, 6.07) is 14.0. The highest BCUT2D eigenvalue weighted by molar-refractivity contribution is 7.89. The van der Waals surface area contributed by atoms with E-state index in [0.29, 0.717) is 11.3 Å². The number of amides is 2. The number of nitro groups is 1. The van der Waals surface area contributed by atoms with Crippen molar-refractivity contribution in [2.45, 2.75) is 18.7 Å². The van der Waals surface area contributed by atoms with Crippen LogP contribution in [0.3, 0.4) is 0 Å². The first kappa shape index (κ1) is 24.6. The number of benzene rings is 2. The molecule has 3 rings (SSSR count). The third kappa shape index (κ3) is 5.30. The van der Waals surface area contributed by atoms with Crippen LogP contribution in [0.4, 0.5) is 5.69 Å². The molecule has 0 saturated heterocycles. The number of carbonyl (C=O) groups excluding carboxylic acids is 2. The lowest BCUT2D eigenvalue weighted by molar-refractivity contribution is -0.384. The predicted octanol–water partition coefficient (Wildman–Crippen LogP) is 2.96. The fourth-order valence-electron chi connectivity index (χ4n) is 3.12. The van der Waals surface area contributed by atoms with Crippen LogP contribution in [-0.2, 0) is 10.0 Å². The highest BCUT2D eigenvalue weighted by atomic mass is 32.2. The van der Waals surface area contributed by atoms with Crippen LogP contribution in [0, 0.1) is 10.1 Å². The van der Waals surface area contributed by atoms with E-state index in [0.717, 1.165) is 0 Å². The number of non-ortho nitro benzene ring substituents is 1. The Morgan fingerprint density at radius 2 is 1.62 bits per heavy atom. The van der Waals surface area contributed by atoms with Crippen LogP contribution in [0.2, 0.25) is 0 Å². The predicted molar refractivity (Wildman–Crippen MR) is 122 cm³/mol. The molecule has 1 aromatic heterocycles. The van der Waals surface area contributed by atoms with Crippen LogP contribution < -0.4 is 10.9 Å². The molecule has 0 bridgehead atoms. The second kappa shape index (κ2) is 10.3. The van der Waals surface area contributed by atoms with E-state index < -0.39 is 26.8 Å². The number of hydrogen-bond acceptors (Lipinski definition) is 7. The van der Waals surface area contributed by atoms with Gasteiger partial charge >= 0.3 is 5.91 Å². The highest BCUT2D eigenvalue weighted by Crippen LogP contribution is 2.24. The molecule has 2 amide bonds. The molecule has 3 aromatic rings. The van der Waals surface area contributed by atoms with Gasteiger partial charge < -0.3 is 4.42 Å². The topological polar surface area (TPSA) is 152 Å². The minimum atomic E-state index is -3.75. The maximum atomic E-state index is 12.7. The zero-order valence-electron chi connectivity index (χ0n) is 18.3. The van der Waals surface area contributed by atoms with Crippen molar-refractivity contribution in [1.82, 2.24) is 15.2 Å². The van der Waals surface area contributed by atoms with Crippen molar-refractivity contribution < 1.29 is 27.3 Å². The standard InChI is InChI=1S/C22H22N4O7S/c1-3-25(4-2)34(31,32)18-7-5-6-16(14-18)21(27)23-24-22(28)20-13-12-19(33-20)15-8-10-17(11-9-15)26(29)30/h5-14H,3-4H2,1-2H3,(H,23,27)(H,24,28). The van der Waals surface area contributed by atoms with E-state index in [9.17, 15) is 28.1 Å². The Hall–Kier alpha value is -4.03. The van der Waals surface area contributed by atoms with Crippen molar-refractivity contribution in [2.75, 3.05) is 13.1 Å². The van der Waals surface area contributed by atoms with E-state index in [2.05, 4.69) is 10.9 Å². The minimum Gasteiger partial charge on any atom is -0.451 e. The Labute approximate surface area is 195 Å². The first-order valence-electron chi connectivity index (χ1n) is 10.2. The summed E-state index contributed by atoms with van der Waals surface area (Å²) >= 11 is 0. The average molecular weight is 487 g/mol. The molecule has 0 radical (unpaired) electrons. The lowest BCUT2D eigenvalue weighted by atomic mass is 10.1. The first-order chi connectivity index (χ1) is 16.2. The quantitative estimate of drug-likeness (QED) is 0.367. The van der Waals surface area contributed by atoms with Gasteiger partial charge in [0.05, 0.1) is 9.82 Å². The van der Waals surface area contributed by atoms with Crippen LogP contribution in [0.25, 0.3) is 11.3 Å². The minimum absolute atomic E-state index is 0.0334. The van der Waals surface area contributed by atoms with Gasteiger partial charge in [0.25, 0.3) is 11.6 Å². The van der Waals surface area contributed by atoms with Crippen LogP contribution in [-0.4, -0.2) is 42.6 Å². The lowest BCUT2D eigenvalue weighted by Gasteiger charge is -2.18. The fraction of sp³-hybridized carbons (Fsp3) is 0.182. The van der Waals surface area contributed by atoms with E-state index in [1.807, 2.05) is 0 Å². The van der Waals surface area contributed by atoms with Crippen LogP contribution in [0.5, 0.6) is 0 Å². The van der Waals surface area contributed by atoms with Gasteiger partial charge in [-0.05, 0) is 42.5 Å². The van der Waals surface area contributed by atoms with Gasteiger partial charge in [0, 0.05) is 36.3 Å². The normalized spacial score (nSPS) is 11.3. The molecule has 0 unspecified atom stereocenters. The Kier molecular flexibility index (Phi) is 7.44. The number of rotatable bonds is 8. The molecule has 0 spiro atoms. The fourth-order valence-corrected chi connectivity index (χ4v) is 4.62. The third-order valence-corrected chi connectivity index (χ3v) is 6.97. The zero-order chi connectivity index (χ0) is 24.9. The van der Waals surface area contributed by atoms with Gasteiger partial charge in [-0.3, -0.25) is 30.6 Å². The Morgan fingerprint density at radius 1 is 0.971 bits per heavy atom. The number of nitrogens with zero attached hydrogens (tertiary/aromatic N) is 2. The van der Waals surface area contributed by atoms with Gasteiger partial charge in [-0.1, -0.05) is 19.9 Å². The molecular weight excluding hydrogens is 464 g/mol. The van der Waals surface area contributed by atoms with E-state index in [4.69, 9.17) is 4.42 Å². The number of hydrazine groups is 1. The van der Waals surface area contributed by atoms with Crippen LogP contribution >= 0.6 is 0 Å². The number of hydrogen-bond donors (Lipinski definition) is 2. The van der Waals surface area contributed by atoms with Crippen molar-refractivity contribution >= 4 is 27.5 Å². The summed E-state index contributed by atoms with van der Waals surface area (Å²) in [6.45, 7) is 4.01. The summed E-state index contributed by atoms with van der Waals surface area (Å²) in [5, 5.41) is 10.8. The number of nitro benzene ring substituents is 1. The van der Waals surface area contributed by atoms with Gasteiger partial charge in [0.1, 0.15) is 5.76 Å². The molecule has 2 aromatic carbocycles. The number of furan rings is 1. The molecule has 2 N–H and O–H groups in total. The van der Waals surface area contributed by atoms with E-state index >= 15 is 0 Å². The average Bonchev–Trinajstić information content (AvgIpc) is 3.33. The van der Waals surface area contributed by atoms with Gasteiger partial charge in [-0.15, -0.1) is 0 Å². The van der Waals surface area contributed by atoms with Gasteiger partial charge in [-0.25, -0.2) is 8.42 Å².